The first kappa shape index (κ1) is 24.0. The molecule has 0 aromatic heterocycles. The zero-order chi connectivity index (χ0) is 22.3. The van der Waals surface area contributed by atoms with Crippen LogP contribution in [0.4, 0.5) is 18.0 Å². The van der Waals surface area contributed by atoms with E-state index < -0.39 is 17.8 Å². The highest BCUT2D eigenvalue weighted by atomic mass is 19.4. The number of hydrogen-bond acceptors (Lipinski definition) is 3. The molecular formula is C22H31F3N2O3. The summed E-state index contributed by atoms with van der Waals surface area (Å²) < 4.78 is 44.4. The largest absolute Gasteiger partial charge is 0.449 e. The number of ether oxygens (including phenoxy) is 1. The topological polar surface area (TPSA) is 58.6 Å². The molecule has 8 heteroatoms. The maximum atomic E-state index is 13.0. The quantitative estimate of drug-likeness (QED) is 0.652. The van der Waals surface area contributed by atoms with Gasteiger partial charge in [0, 0.05) is 19.0 Å². The van der Waals surface area contributed by atoms with Crippen molar-refractivity contribution < 1.29 is 27.5 Å². The van der Waals surface area contributed by atoms with Crippen LogP contribution in [-0.4, -0.2) is 36.6 Å². The average Bonchev–Trinajstić information content (AvgIpc) is 2.71. The number of amides is 2. The lowest BCUT2D eigenvalue weighted by atomic mass is 9.94. The molecule has 0 aliphatic carbocycles. The number of halogens is 3. The molecule has 1 saturated heterocycles. The standard InChI is InChI=1S/C22H31F3N2O3/c1-4-6-19(17-7-5-8-18(13-17)22(23,24)25)26-20(28)16-9-11-27(12-10-16)21(29)30-14-15(2)3/h5,7-8,13,15-16,19H,4,6,9-12,14H2,1-3H3,(H,26,28). The highest BCUT2D eigenvalue weighted by molar-refractivity contribution is 5.79. The summed E-state index contributed by atoms with van der Waals surface area (Å²) in [7, 11) is 0. The Hall–Kier alpha value is -2.25. The molecule has 1 atom stereocenters. The van der Waals surface area contributed by atoms with Gasteiger partial charge in [-0.1, -0.05) is 39.3 Å². The van der Waals surface area contributed by atoms with Gasteiger partial charge in [-0.25, -0.2) is 4.79 Å². The normalized spacial score (nSPS) is 16.4. The molecule has 1 aromatic carbocycles. The Morgan fingerprint density at radius 3 is 2.47 bits per heavy atom. The van der Waals surface area contributed by atoms with E-state index in [0.717, 1.165) is 18.6 Å². The summed E-state index contributed by atoms with van der Waals surface area (Å²) in [5.74, 6) is -0.200. The van der Waals surface area contributed by atoms with Gasteiger partial charge >= 0.3 is 12.3 Å². The van der Waals surface area contributed by atoms with E-state index in [9.17, 15) is 22.8 Å². The van der Waals surface area contributed by atoms with Gasteiger partial charge in [-0.3, -0.25) is 4.79 Å². The zero-order valence-electron chi connectivity index (χ0n) is 17.8. The first-order valence-corrected chi connectivity index (χ1v) is 10.5. The fourth-order valence-electron chi connectivity index (χ4n) is 3.49. The fraction of sp³-hybridized carbons (Fsp3) is 0.636. The molecule has 0 saturated carbocycles. The number of nitrogens with one attached hydrogen (secondary N) is 1. The van der Waals surface area contributed by atoms with Crippen molar-refractivity contribution in [3.05, 3.63) is 35.4 Å². The molecule has 0 radical (unpaired) electrons. The van der Waals surface area contributed by atoms with Crippen LogP contribution < -0.4 is 5.32 Å². The van der Waals surface area contributed by atoms with Crippen LogP contribution in [-0.2, 0) is 15.7 Å². The molecule has 1 fully saturated rings. The third-order valence-corrected chi connectivity index (χ3v) is 5.17. The summed E-state index contributed by atoms with van der Waals surface area (Å²) in [6, 6.07) is 4.65. The van der Waals surface area contributed by atoms with Crippen LogP contribution in [0.5, 0.6) is 0 Å². The van der Waals surface area contributed by atoms with Crippen molar-refractivity contribution in [3.63, 3.8) is 0 Å². The van der Waals surface area contributed by atoms with E-state index in [1.54, 1.807) is 11.0 Å². The van der Waals surface area contributed by atoms with Crippen molar-refractivity contribution in [1.82, 2.24) is 10.2 Å². The van der Waals surface area contributed by atoms with Crippen molar-refractivity contribution >= 4 is 12.0 Å². The highest BCUT2D eigenvalue weighted by Gasteiger charge is 2.32. The van der Waals surface area contributed by atoms with Crippen molar-refractivity contribution in [2.24, 2.45) is 11.8 Å². The molecule has 1 aromatic rings. The van der Waals surface area contributed by atoms with Crippen LogP contribution in [0.1, 0.15) is 63.6 Å². The minimum Gasteiger partial charge on any atom is -0.449 e. The third kappa shape index (κ3) is 6.92. The number of piperidine rings is 1. The molecule has 2 rings (SSSR count). The number of alkyl halides is 3. The van der Waals surface area contributed by atoms with Crippen molar-refractivity contribution in [2.45, 2.75) is 58.7 Å². The van der Waals surface area contributed by atoms with E-state index >= 15 is 0 Å². The molecule has 30 heavy (non-hydrogen) atoms. The first-order chi connectivity index (χ1) is 14.1. The van der Waals surface area contributed by atoms with E-state index in [1.807, 2.05) is 20.8 Å². The summed E-state index contributed by atoms with van der Waals surface area (Å²) in [4.78, 5) is 26.4. The average molecular weight is 428 g/mol. The zero-order valence-corrected chi connectivity index (χ0v) is 17.8. The Morgan fingerprint density at radius 2 is 1.90 bits per heavy atom. The minimum atomic E-state index is -4.42. The van der Waals surface area contributed by atoms with Gasteiger partial charge in [-0.2, -0.15) is 13.2 Å². The Labute approximate surface area is 176 Å². The molecule has 5 nitrogen and oxygen atoms in total. The van der Waals surface area contributed by atoms with Gasteiger partial charge in [0.15, 0.2) is 0 Å². The number of carbonyl (C=O) groups excluding carboxylic acids is 2. The van der Waals surface area contributed by atoms with Crippen LogP contribution in [0.3, 0.4) is 0 Å². The Morgan fingerprint density at radius 1 is 1.23 bits per heavy atom. The number of nitrogens with zero attached hydrogens (tertiary/aromatic N) is 1. The molecule has 1 unspecified atom stereocenters. The van der Waals surface area contributed by atoms with Gasteiger partial charge in [0.1, 0.15) is 0 Å². The van der Waals surface area contributed by atoms with Crippen LogP contribution in [0.15, 0.2) is 24.3 Å². The van der Waals surface area contributed by atoms with Gasteiger partial charge < -0.3 is 15.0 Å². The number of likely N-dealkylation sites (tertiary alicyclic amines) is 1. The van der Waals surface area contributed by atoms with Crippen LogP contribution >= 0.6 is 0 Å². The molecule has 1 heterocycles. The van der Waals surface area contributed by atoms with Gasteiger partial charge in [0.2, 0.25) is 5.91 Å². The van der Waals surface area contributed by atoms with Crippen LogP contribution in [0, 0.1) is 11.8 Å². The Kier molecular flexibility index (Phi) is 8.55. The first-order valence-electron chi connectivity index (χ1n) is 10.5. The molecule has 1 N–H and O–H groups in total. The Balaban J connectivity index is 1.96. The molecule has 0 spiro atoms. The maximum Gasteiger partial charge on any atom is 0.416 e. The SMILES string of the molecule is CCCC(NC(=O)C1CCN(C(=O)OCC(C)C)CC1)c1cccc(C(F)(F)F)c1. The second-order valence-electron chi connectivity index (χ2n) is 8.21. The number of hydrogen-bond donors (Lipinski definition) is 1. The lowest BCUT2D eigenvalue weighted by molar-refractivity contribution is -0.137. The van der Waals surface area contributed by atoms with E-state index in [-0.39, 0.29) is 23.8 Å². The lowest BCUT2D eigenvalue weighted by Crippen LogP contribution is -2.44. The highest BCUT2D eigenvalue weighted by Crippen LogP contribution is 2.32. The number of benzene rings is 1. The van der Waals surface area contributed by atoms with Gasteiger partial charge in [-0.15, -0.1) is 0 Å². The number of rotatable bonds is 7. The monoisotopic (exact) mass is 428 g/mol. The summed E-state index contributed by atoms with van der Waals surface area (Å²) in [5.41, 5.74) is -0.265. The van der Waals surface area contributed by atoms with E-state index in [2.05, 4.69) is 5.32 Å². The minimum absolute atomic E-state index is 0.180. The van der Waals surface area contributed by atoms with Crippen molar-refractivity contribution in [3.8, 4) is 0 Å². The summed E-state index contributed by atoms with van der Waals surface area (Å²) in [6.45, 7) is 7.05. The fourth-order valence-corrected chi connectivity index (χ4v) is 3.49. The van der Waals surface area contributed by atoms with Crippen molar-refractivity contribution in [1.29, 1.82) is 0 Å². The third-order valence-electron chi connectivity index (χ3n) is 5.17. The molecule has 2 amide bonds. The van der Waals surface area contributed by atoms with Crippen LogP contribution in [0.25, 0.3) is 0 Å². The number of carbonyl (C=O) groups is 2. The summed E-state index contributed by atoms with van der Waals surface area (Å²) in [6.07, 6.45) is -2.51. The van der Waals surface area contributed by atoms with Crippen molar-refractivity contribution in [2.75, 3.05) is 19.7 Å². The van der Waals surface area contributed by atoms with Gasteiger partial charge in [-0.05, 0) is 42.9 Å². The van der Waals surface area contributed by atoms with Gasteiger partial charge in [0.25, 0.3) is 0 Å². The van der Waals surface area contributed by atoms with E-state index in [4.69, 9.17) is 4.74 Å². The van der Waals surface area contributed by atoms with E-state index in [0.29, 0.717) is 44.5 Å². The summed E-state index contributed by atoms with van der Waals surface area (Å²) >= 11 is 0. The molecular weight excluding hydrogens is 397 g/mol. The second kappa shape index (κ2) is 10.7. The second-order valence-corrected chi connectivity index (χ2v) is 8.21. The lowest BCUT2D eigenvalue weighted by Gasteiger charge is -2.32. The maximum absolute atomic E-state index is 13.0. The van der Waals surface area contributed by atoms with Gasteiger partial charge in [0.05, 0.1) is 18.2 Å². The summed E-state index contributed by atoms with van der Waals surface area (Å²) in [5, 5.41) is 2.93. The predicted molar refractivity (Wildman–Crippen MR) is 108 cm³/mol. The Bertz CT molecular complexity index is 714. The van der Waals surface area contributed by atoms with Crippen LogP contribution in [0.2, 0.25) is 0 Å². The molecule has 1 aliphatic heterocycles. The van der Waals surface area contributed by atoms with E-state index in [1.165, 1.54) is 6.07 Å². The molecule has 1 aliphatic rings. The molecule has 0 bridgehead atoms. The predicted octanol–water partition coefficient (Wildman–Crippen LogP) is 5.17. The molecule has 168 valence electrons. The smallest absolute Gasteiger partial charge is 0.416 e.